The zero-order valence-electron chi connectivity index (χ0n) is 32.0. The van der Waals surface area contributed by atoms with Gasteiger partial charge < -0.3 is 29.9 Å². The molecule has 0 saturated heterocycles. The molecule has 6 rings (SSSR count). The van der Waals surface area contributed by atoms with Gasteiger partial charge in [0.2, 0.25) is 0 Å². The molecule has 4 aromatic rings. The van der Waals surface area contributed by atoms with Crippen LogP contribution in [-0.2, 0) is 22.3 Å². The number of carbonyl (C=O) groups is 6. The van der Waals surface area contributed by atoms with E-state index in [-0.39, 0.29) is 59.9 Å². The number of rotatable bonds is 15. The minimum Gasteiger partial charge on any atom is -0.478 e. The summed E-state index contributed by atoms with van der Waals surface area (Å²) in [5, 5.41) is 41.3. The van der Waals surface area contributed by atoms with Crippen LogP contribution in [0.5, 0.6) is 0 Å². The maximum Gasteiger partial charge on any atom is 0.339 e. The van der Waals surface area contributed by atoms with Crippen molar-refractivity contribution in [3.8, 4) is 11.1 Å². The zero-order chi connectivity index (χ0) is 41.5. The Bertz CT molecular complexity index is 2030. The van der Waals surface area contributed by atoms with Crippen molar-refractivity contribution in [2.75, 3.05) is 13.2 Å². The Morgan fingerprint density at radius 1 is 0.466 bits per heavy atom. The van der Waals surface area contributed by atoms with Gasteiger partial charge in [0.05, 0.1) is 35.5 Å². The molecule has 0 atom stereocenters. The van der Waals surface area contributed by atoms with Gasteiger partial charge in [0.25, 0.3) is 0 Å². The minimum absolute atomic E-state index is 0.103. The third-order valence-corrected chi connectivity index (χ3v) is 11.2. The second-order valence-electron chi connectivity index (χ2n) is 15.1. The van der Waals surface area contributed by atoms with Crippen LogP contribution < -0.4 is 0 Å². The van der Waals surface area contributed by atoms with Gasteiger partial charge in [-0.05, 0) is 72.2 Å². The highest BCUT2D eigenvalue weighted by molar-refractivity contribution is 6.06. The molecule has 0 amide bonds. The van der Waals surface area contributed by atoms with Crippen molar-refractivity contribution in [1.82, 2.24) is 0 Å². The lowest BCUT2D eigenvalue weighted by molar-refractivity contribution is 0.0116. The molecular formula is C46H46O12. The van der Waals surface area contributed by atoms with Crippen LogP contribution >= 0.6 is 0 Å². The Morgan fingerprint density at radius 2 is 0.810 bits per heavy atom. The molecule has 0 heterocycles. The number of hydrogen-bond donors (Lipinski definition) is 4. The van der Waals surface area contributed by atoms with Gasteiger partial charge in [-0.15, -0.1) is 0 Å². The Balaban J connectivity index is 1.10. The number of aromatic carboxylic acids is 2. The van der Waals surface area contributed by atoms with Crippen molar-refractivity contribution in [3.05, 3.63) is 129 Å². The molecule has 0 spiro atoms. The van der Waals surface area contributed by atoms with E-state index in [0.29, 0.717) is 47.9 Å². The van der Waals surface area contributed by atoms with Gasteiger partial charge in [-0.1, -0.05) is 99.2 Å². The largest absolute Gasteiger partial charge is 0.478 e. The summed E-state index contributed by atoms with van der Waals surface area (Å²) < 4.78 is 10.9. The van der Waals surface area contributed by atoms with Crippen LogP contribution in [0.25, 0.3) is 11.1 Å². The average Bonchev–Trinajstić information content (AvgIpc) is 3.23. The smallest absolute Gasteiger partial charge is 0.339 e. The molecular weight excluding hydrogens is 744 g/mol. The summed E-state index contributed by atoms with van der Waals surface area (Å²) in [6.07, 6.45) is 7.41. The van der Waals surface area contributed by atoms with Crippen molar-refractivity contribution in [1.29, 1.82) is 0 Å². The first kappa shape index (κ1) is 41.6. The van der Waals surface area contributed by atoms with Crippen LogP contribution in [0.2, 0.25) is 0 Å². The van der Waals surface area contributed by atoms with E-state index in [1.807, 2.05) is 0 Å². The summed E-state index contributed by atoms with van der Waals surface area (Å²) in [6.45, 7) is -0.206. The molecule has 12 nitrogen and oxygen atoms in total. The first-order valence-corrected chi connectivity index (χ1v) is 19.6. The molecule has 2 saturated carbocycles. The number of benzene rings is 4. The van der Waals surface area contributed by atoms with E-state index in [0.717, 1.165) is 49.7 Å². The first-order chi connectivity index (χ1) is 27.8. The molecule has 0 aliphatic heterocycles. The molecule has 2 aliphatic carbocycles. The lowest BCUT2D eigenvalue weighted by atomic mass is 9.79. The highest BCUT2D eigenvalue weighted by Crippen LogP contribution is 2.33. The Labute approximate surface area is 335 Å². The standard InChI is InChI=1S/C46H46O12/c47-39(45(55)21-3-1-4-22-45)31-11-7-29(8-12-31)19-25-57-43(53)37-27-33(15-17-35(37)41(49)50)34-16-18-36(42(51)52)38(28-34)44(54)58-26-20-30-9-13-32(14-10-30)40(48)46(56)23-5-2-6-24-46/h7-18,27-28,55-56H,1-6,19-26H2,(H,49,50)(H,51,52). The van der Waals surface area contributed by atoms with E-state index in [2.05, 4.69) is 0 Å². The minimum atomic E-state index is -1.37. The Morgan fingerprint density at radius 3 is 1.14 bits per heavy atom. The summed E-state index contributed by atoms with van der Waals surface area (Å²) in [7, 11) is 0. The van der Waals surface area contributed by atoms with E-state index < -0.39 is 35.1 Å². The van der Waals surface area contributed by atoms with Gasteiger partial charge >= 0.3 is 23.9 Å². The quantitative estimate of drug-likeness (QED) is 0.0692. The molecule has 0 unspecified atom stereocenters. The molecule has 0 radical (unpaired) electrons. The normalized spacial score (nSPS) is 15.8. The number of esters is 2. The van der Waals surface area contributed by atoms with E-state index in [4.69, 9.17) is 9.47 Å². The third-order valence-electron chi connectivity index (χ3n) is 11.2. The summed E-state index contributed by atoms with van der Waals surface area (Å²) in [5.74, 6) is -5.17. The van der Waals surface area contributed by atoms with Gasteiger partial charge in [0, 0.05) is 24.0 Å². The Kier molecular flexibility index (Phi) is 13.0. The highest BCUT2D eigenvalue weighted by atomic mass is 16.5. The summed E-state index contributed by atoms with van der Waals surface area (Å²) in [5.41, 5.74) is -0.911. The third kappa shape index (κ3) is 9.58. The molecule has 0 aromatic heterocycles. The van der Waals surface area contributed by atoms with E-state index >= 15 is 0 Å². The monoisotopic (exact) mass is 790 g/mol. The highest BCUT2D eigenvalue weighted by Gasteiger charge is 2.38. The molecule has 2 fully saturated rings. The fourth-order valence-corrected chi connectivity index (χ4v) is 7.75. The van der Waals surface area contributed by atoms with Crippen LogP contribution in [0, 0.1) is 0 Å². The van der Waals surface area contributed by atoms with Gasteiger partial charge in [0.1, 0.15) is 11.2 Å². The molecule has 4 aromatic carbocycles. The van der Waals surface area contributed by atoms with Gasteiger partial charge in [-0.2, -0.15) is 0 Å². The second-order valence-corrected chi connectivity index (χ2v) is 15.1. The molecule has 12 heteroatoms. The lowest BCUT2D eigenvalue weighted by Gasteiger charge is -2.30. The number of ketones is 2. The number of ether oxygens (including phenoxy) is 2. The van der Waals surface area contributed by atoms with E-state index in [1.54, 1.807) is 48.5 Å². The Hall–Kier alpha value is -5.98. The topological polar surface area (TPSA) is 202 Å². The van der Waals surface area contributed by atoms with E-state index in [9.17, 15) is 49.2 Å². The summed E-state index contributed by atoms with van der Waals surface area (Å²) >= 11 is 0. The van der Waals surface area contributed by atoms with Crippen molar-refractivity contribution >= 4 is 35.4 Å². The predicted molar refractivity (Wildman–Crippen MR) is 211 cm³/mol. The molecule has 302 valence electrons. The fraction of sp³-hybridized carbons (Fsp3) is 0.348. The number of carbonyl (C=O) groups excluding carboxylic acids is 4. The van der Waals surface area contributed by atoms with Crippen molar-refractivity contribution in [2.24, 2.45) is 0 Å². The van der Waals surface area contributed by atoms with Crippen molar-refractivity contribution in [2.45, 2.75) is 88.3 Å². The molecule has 58 heavy (non-hydrogen) atoms. The van der Waals surface area contributed by atoms with Gasteiger partial charge in [-0.3, -0.25) is 9.59 Å². The predicted octanol–water partition coefficient (Wildman–Crippen LogP) is 7.30. The summed E-state index contributed by atoms with van der Waals surface area (Å²) in [4.78, 5) is 76.5. The zero-order valence-corrected chi connectivity index (χ0v) is 32.0. The van der Waals surface area contributed by atoms with Crippen LogP contribution in [0.15, 0.2) is 84.9 Å². The number of carboxylic acids is 2. The van der Waals surface area contributed by atoms with Crippen LogP contribution in [0.3, 0.4) is 0 Å². The fourth-order valence-electron chi connectivity index (χ4n) is 7.75. The molecule has 0 bridgehead atoms. The number of carboxylic acid groups (broad SMARTS) is 2. The number of Topliss-reactive ketones (excluding diaryl/α,β-unsaturated/α-hetero) is 2. The van der Waals surface area contributed by atoms with Gasteiger partial charge in [-0.25, -0.2) is 19.2 Å². The van der Waals surface area contributed by atoms with Crippen molar-refractivity contribution in [3.63, 3.8) is 0 Å². The van der Waals surface area contributed by atoms with Gasteiger partial charge in [0.15, 0.2) is 11.6 Å². The van der Waals surface area contributed by atoms with Crippen LogP contribution in [0.4, 0.5) is 0 Å². The number of aliphatic hydroxyl groups is 2. The molecule has 2 aliphatic rings. The van der Waals surface area contributed by atoms with Crippen LogP contribution in [-0.4, -0.2) is 80.3 Å². The maximum atomic E-state index is 13.3. The van der Waals surface area contributed by atoms with Crippen molar-refractivity contribution < 1.29 is 58.7 Å². The lowest BCUT2D eigenvalue weighted by Crippen LogP contribution is -2.40. The van der Waals surface area contributed by atoms with Crippen LogP contribution in [0.1, 0.15) is 137 Å². The average molecular weight is 791 g/mol. The maximum absolute atomic E-state index is 13.3. The van der Waals surface area contributed by atoms with E-state index in [1.165, 1.54) is 36.4 Å². The first-order valence-electron chi connectivity index (χ1n) is 19.6. The summed E-state index contributed by atoms with van der Waals surface area (Å²) in [6, 6.07) is 21.3. The molecule has 4 N–H and O–H groups in total. The number of hydrogen-bond acceptors (Lipinski definition) is 10. The SMILES string of the molecule is O=C(O)c1ccc(-c2ccc(C(=O)O)c(C(=O)OCCc3ccc(C(=O)C4(O)CCCCC4)cc3)c2)cc1C(=O)OCCc1ccc(C(=O)C2(O)CCCCC2)cc1. The second kappa shape index (κ2) is 18.1.